The first-order valence-corrected chi connectivity index (χ1v) is 5.88. The molecule has 1 fully saturated rings. The molecule has 1 aliphatic rings. The maximum atomic E-state index is 12.3. The van der Waals surface area contributed by atoms with E-state index in [1.54, 1.807) is 0 Å². The molecule has 0 saturated carbocycles. The molecule has 5 nitrogen and oxygen atoms in total. The van der Waals surface area contributed by atoms with Gasteiger partial charge in [-0.2, -0.15) is 0 Å². The molecule has 1 rings (SSSR count). The second-order valence-electron chi connectivity index (χ2n) is 4.25. The van der Waals surface area contributed by atoms with Crippen molar-refractivity contribution in [3.05, 3.63) is 0 Å². The lowest BCUT2D eigenvalue weighted by molar-refractivity contribution is -0.140. The van der Waals surface area contributed by atoms with Gasteiger partial charge in [-0.25, -0.2) is 0 Å². The van der Waals surface area contributed by atoms with Gasteiger partial charge in [0.2, 0.25) is 11.8 Å². The average Bonchev–Trinajstić information content (AvgIpc) is 2.74. The zero-order chi connectivity index (χ0) is 12.2. The molecule has 1 atom stereocenters. The Kier molecular flexibility index (Phi) is 4.29. The van der Waals surface area contributed by atoms with Gasteiger partial charge >= 0.3 is 0 Å². The first-order chi connectivity index (χ1) is 7.55. The zero-order valence-corrected chi connectivity index (χ0v) is 10.1. The van der Waals surface area contributed by atoms with Gasteiger partial charge in [-0.1, -0.05) is 6.92 Å². The van der Waals surface area contributed by atoms with Crippen molar-refractivity contribution < 1.29 is 9.59 Å². The van der Waals surface area contributed by atoms with Crippen LogP contribution in [0.4, 0.5) is 0 Å². The van der Waals surface area contributed by atoms with Crippen molar-refractivity contribution in [3.8, 4) is 0 Å². The lowest BCUT2D eigenvalue weighted by Gasteiger charge is -2.32. The van der Waals surface area contributed by atoms with Crippen molar-refractivity contribution >= 4 is 11.8 Å². The monoisotopic (exact) mass is 227 g/mol. The third kappa shape index (κ3) is 2.52. The van der Waals surface area contributed by atoms with E-state index in [9.17, 15) is 9.59 Å². The van der Waals surface area contributed by atoms with Gasteiger partial charge < -0.3 is 16.0 Å². The summed E-state index contributed by atoms with van der Waals surface area (Å²) in [5, 5.41) is 3.26. The van der Waals surface area contributed by atoms with E-state index in [4.69, 9.17) is 5.73 Å². The highest BCUT2D eigenvalue weighted by molar-refractivity contribution is 5.90. The van der Waals surface area contributed by atoms with Crippen LogP contribution in [0.2, 0.25) is 0 Å². The molecule has 1 heterocycles. The van der Waals surface area contributed by atoms with Gasteiger partial charge in [-0.3, -0.25) is 9.59 Å². The molecule has 0 aromatic heterocycles. The molecule has 0 radical (unpaired) electrons. The fourth-order valence-electron chi connectivity index (χ4n) is 2.26. The van der Waals surface area contributed by atoms with Gasteiger partial charge in [0.1, 0.15) is 0 Å². The quantitative estimate of drug-likeness (QED) is 0.686. The Morgan fingerprint density at radius 1 is 1.44 bits per heavy atom. The fraction of sp³-hybridized carbons (Fsp3) is 0.818. The molecule has 0 aromatic rings. The molecule has 3 N–H and O–H groups in total. The van der Waals surface area contributed by atoms with E-state index in [-0.39, 0.29) is 12.5 Å². The molecule has 5 heteroatoms. The van der Waals surface area contributed by atoms with Crippen molar-refractivity contribution in [3.63, 3.8) is 0 Å². The molecule has 0 aliphatic carbocycles. The van der Waals surface area contributed by atoms with E-state index >= 15 is 0 Å². The van der Waals surface area contributed by atoms with Crippen LogP contribution in [-0.4, -0.2) is 41.9 Å². The summed E-state index contributed by atoms with van der Waals surface area (Å²) < 4.78 is 0. The number of carbonyl (C=O) groups is 2. The second kappa shape index (κ2) is 5.30. The van der Waals surface area contributed by atoms with Crippen molar-refractivity contribution in [2.24, 2.45) is 5.73 Å². The van der Waals surface area contributed by atoms with Crippen LogP contribution in [0.15, 0.2) is 0 Å². The Morgan fingerprint density at radius 2 is 2.12 bits per heavy atom. The number of primary amides is 1. The topological polar surface area (TPSA) is 75.4 Å². The number of hydrogen-bond donors (Lipinski definition) is 2. The average molecular weight is 227 g/mol. The third-order valence-electron chi connectivity index (χ3n) is 3.27. The summed E-state index contributed by atoms with van der Waals surface area (Å²) in [7, 11) is 0. The SMILES string of the molecule is CCN(CC(N)=O)C(=O)C1(CC)CCCN1. The van der Waals surface area contributed by atoms with E-state index < -0.39 is 11.4 Å². The van der Waals surface area contributed by atoms with Crippen LogP contribution in [-0.2, 0) is 9.59 Å². The van der Waals surface area contributed by atoms with Crippen LogP contribution >= 0.6 is 0 Å². The maximum Gasteiger partial charge on any atom is 0.243 e. The number of rotatable bonds is 5. The van der Waals surface area contributed by atoms with Crippen LogP contribution in [0.1, 0.15) is 33.1 Å². The molecule has 1 aliphatic heterocycles. The molecule has 2 amide bonds. The molecule has 1 saturated heterocycles. The number of nitrogens with zero attached hydrogens (tertiary/aromatic N) is 1. The van der Waals surface area contributed by atoms with Crippen LogP contribution in [0.3, 0.4) is 0 Å². The molecule has 16 heavy (non-hydrogen) atoms. The first-order valence-electron chi connectivity index (χ1n) is 5.88. The summed E-state index contributed by atoms with van der Waals surface area (Å²) in [5.74, 6) is -0.451. The van der Waals surface area contributed by atoms with Gasteiger partial charge in [0, 0.05) is 6.54 Å². The normalized spacial score (nSPS) is 24.4. The Bertz CT molecular complexity index is 272. The van der Waals surface area contributed by atoms with Crippen LogP contribution in [0.5, 0.6) is 0 Å². The van der Waals surface area contributed by atoms with Crippen LogP contribution in [0.25, 0.3) is 0 Å². The molecule has 1 unspecified atom stereocenters. The van der Waals surface area contributed by atoms with E-state index in [1.165, 1.54) is 4.90 Å². The van der Waals surface area contributed by atoms with E-state index in [0.29, 0.717) is 6.54 Å². The first kappa shape index (κ1) is 13.0. The molecule has 0 aromatic carbocycles. The largest absolute Gasteiger partial charge is 0.368 e. The molecular formula is C11H21N3O2. The second-order valence-corrected chi connectivity index (χ2v) is 4.25. The van der Waals surface area contributed by atoms with Crippen molar-refractivity contribution in [2.75, 3.05) is 19.6 Å². The van der Waals surface area contributed by atoms with E-state index in [2.05, 4.69) is 5.32 Å². The Labute approximate surface area is 96.4 Å². The number of carbonyl (C=O) groups excluding carboxylic acids is 2. The molecular weight excluding hydrogens is 206 g/mol. The zero-order valence-electron chi connectivity index (χ0n) is 10.1. The number of nitrogens with two attached hydrogens (primary N) is 1. The Balaban J connectivity index is 2.76. The standard InChI is InChI=1S/C11H21N3O2/c1-3-11(6-5-7-13-11)10(16)14(4-2)8-9(12)15/h13H,3-8H2,1-2H3,(H2,12,15). The van der Waals surface area contributed by atoms with E-state index in [1.807, 2.05) is 13.8 Å². The minimum Gasteiger partial charge on any atom is -0.368 e. The lowest BCUT2D eigenvalue weighted by atomic mass is 9.92. The summed E-state index contributed by atoms with van der Waals surface area (Å²) in [6.07, 6.45) is 2.60. The fourth-order valence-corrected chi connectivity index (χ4v) is 2.26. The van der Waals surface area contributed by atoms with Crippen LogP contribution in [0, 0.1) is 0 Å². The van der Waals surface area contributed by atoms with Gasteiger partial charge in [0.15, 0.2) is 0 Å². The summed E-state index contributed by atoms with van der Waals surface area (Å²) >= 11 is 0. The predicted octanol–water partition coefficient (Wildman–Crippen LogP) is -0.148. The molecule has 0 spiro atoms. The Morgan fingerprint density at radius 3 is 2.50 bits per heavy atom. The van der Waals surface area contributed by atoms with Crippen molar-refractivity contribution in [2.45, 2.75) is 38.6 Å². The third-order valence-corrected chi connectivity index (χ3v) is 3.27. The number of nitrogens with one attached hydrogen (secondary N) is 1. The van der Waals surface area contributed by atoms with E-state index in [0.717, 1.165) is 25.8 Å². The highest BCUT2D eigenvalue weighted by Gasteiger charge is 2.41. The molecule has 0 bridgehead atoms. The number of hydrogen-bond acceptors (Lipinski definition) is 3. The highest BCUT2D eigenvalue weighted by Crippen LogP contribution is 2.25. The summed E-state index contributed by atoms with van der Waals surface area (Å²) in [4.78, 5) is 24.7. The summed E-state index contributed by atoms with van der Waals surface area (Å²) in [5.41, 5.74) is 4.67. The van der Waals surface area contributed by atoms with Gasteiger partial charge in [-0.15, -0.1) is 0 Å². The minimum absolute atomic E-state index is 0.00815. The molecule has 92 valence electrons. The Hall–Kier alpha value is -1.10. The van der Waals surface area contributed by atoms with Gasteiger partial charge in [-0.05, 0) is 32.7 Å². The number of amides is 2. The smallest absolute Gasteiger partial charge is 0.243 e. The maximum absolute atomic E-state index is 12.3. The van der Waals surface area contributed by atoms with Crippen molar-refractivity contribution in [1.29, 1.82) is 0 Å². The summed E-state index contributed by atoms with van der Waals surface area (Å²) in [6, 6.07) is 0. The van der Waals surface area contributed by atoms with Crippen molar-refractivity contribution in [1.82, 2.24) is 10.2 Å². The predicted molar refractivity (Wildman–Crippen MR) is 61.7 cm³/mol. The van der Waals surface area contributed by atoms with Gasteiger partial charge in [0.25, 0.3) is 0 Å². The van der Waals surface area contributed by atoms with Crippen LogP contribution < -0.4 is 11.1 Å². The highest BCUT2D eigenvalue weighted by atomic mass is 16.2. The minimum atomic E-state index is -0.467. The number of likely N-dealkylation sites (N-methyl/N-ethyl adjacent to an activating group) is 1. The summed E-state index contributed by atoms with van der Waals surface area (Å²) in [6.45, 7) is 5.26. The lowest BCUT2D eigenvalue weighted by Crippen LogP contribution is -2.55. The van der Waals surface area contributed by atoms with Gasteiger partial charge in [0.05, 0.1) is 12.1 Å².